The Kier molecular flexibility index (Phi) is 12.4. The van der Waals surface area contributed by atoms with Crippen LogP contribution in [0.2, 0.25) is 0 Å². The van der Waals surface area contributed by atoms with E-state index in [4.69, 9.17) is 9.47 Å². The molecule has 2 fully saturated rings. The molecule has 1 saturated heterocycles. The third kappa shape index (κ3) is 9.33. The molecule has 48 heavy (non-hydrogen) atoms. The smallest absolute Gasteiger partial charge is 0.329 e. The van der Waals surface area contributed by atoms with Gasteiger partial charge in [-0.3, -0.25) is 14.4 Å². The number of nitrogens with zero attached hydrogens (tertiary/aromatic N) is 1. The number of hydrogen-bond acceptors (Lipinski definition) is 6. The summed E-state index contributed by atoms with van der Waals surface area (Å²) in [4.78, 5) is 55.5. The van der Waals surface area contributed by atoms with Crippen LogP contribution in [0.5, 0.6) is 0 Å². The van der Waals surface area contributed by atoms with Crippen molar-refractivity contribution >= 4 is 23.8 Å². The number of unbranched alkanes of at least 4 members (excludes halogenated alkanes) is 1. The SMILES string of the molecule is CCCCOC(=O)CC1(C(=O)N[C@H](CC(=O)N2CCC[C@H]2C(=O)OCc2ccccc2)Cc2ccc(-c3ccccc3)cc2)CCCC1. The van der Waals surface area contributed by atoms with Crippen LogP contribution < -0.4 is 5.32 Å². The lowest BCUT2D eigenvalue weighted by atomic mass is 9.81. The minimum Gasteiger partial charge on any atom is -0.466 e. The summed E-state index contributed by atoms with van der Waals surface area (Å²) >= 11 is 0. The molecule has 1 saturated carbocycles. The highest BCUT2D eigenvalue weighted by atomic mass is 16.5. The lowest BCUT2D eigenvalue weighted by molar-refractivity contribution is -0.154. The Morgan fingerprint density at radius 2 is 1.50 bits per heavy atom. The zero-order valence-electron chi connectivity index (χ0n) is 28.0. The summed E-state index contributed by atoms with van der Waals surface area (Å²) < 4.78 is 11.1. The van der Waals surface area contributed by atoms with Gasteiger partial charge in [0.1, 0.15) is 12.6 Å². The van der Waals surface area contributed by atoms with Gasteiger partial charge in [-0.15, -0.1) is 0 Å². The monoisotopic (exact) mass is 652 g/mol. The van der Waals surface area contributed by atoms with Gasteiger partial charge in [0.2, 0.25) is 11.8 Å². The van der Waals surface area contributed by atoms with E-state index in [1.54, 1.807) is 4.90 Å². The van der Waals surface area contributed by atoms with Gasteiger partial charge in [0.05, 0.1) is 18.4 Å². The molecule has 1 N–H and O–H groups in total. The molecule has 2 amide bonds. The van der Waals surface area contributed by atoms with Crippen LogP contribution in [0.3, 0.4) is 0 Å². The second kappa shape index (κ2) is 17.1. The van der Waals surface area contributed by atoms with Gasteiger partial charge in [-0.05, 0) is 60.8 Å². The lowest BCUT2D eigenvalue weighted by Crippen LogP contribution is -2.49. The second-order valence-electron chi connectivity index (χ2n) is 13.2. The van der Waals surface area contributed by atoms with Crippen molar-refractivity contribution < 1.29 is 28.7 Å². The minimum absolute atomic E-state index is 0.0334. The van der Waals surface area contributed by atoms with E-state index < -0.39 is 23.5 Å². The van der Waals surface area contributed by atoms with Crippen molar-refractivity contribution in [2.45, 2.75) is 96.2 Å². The van der Waals surface area contributed by atoms with E-state index in [2.05, 4.69) is 29.6 Å². The van der Waals surface area contributed by atoms with E-state index in [-0.39, 0.29) is 37.2 Å². The van der Waals surface area contributed by atoms with Crippen molar-refractivity contribution in [2.24, 2.45) is 5.41 Å². The standard InChI is InChI=1S/C40H48N2O6/c1-2-3-25-47-37(44)28-40(22-10-11-23-40)39(46)41-34(26-30-18-20-33(21-19-30)32-15-8-5-9-16-32)27-36(43)42-24-12-17-35(42)38(45)48-29-31-13-6-4-7-14-31/h4-9,13-16,18-21,34-35H,2-3,10-12,17,22-29H2,1H3,(H,41,46)/t34-,35-/m0/s1. The highest BCUT2D eigenvalue weighted by Crippen LogP contribution is 2.42. The highest BCUT2D eigenvalue weighted by Gasteiger charge is 2.44. The topological polar surface area (TPSA) is 102 Å². The van der Waals surface area contributed by atoms with E-state index >= 15 is 0 Å². The van der Waals surface area contributed by atoms with Crippen LogP contribution >= 0.6 is 0 Å². The zero-order chi connectivity index (χ0) is 33.8. The van der Waals surface area contributed by atoms with E-state index in [0.29, 0.717) is 45.3 Å². The number of amides is 2. The van der Waals surface area contributed by atoms with Gasteiger partial charge >= 0.3 is 11.9 Å². The Balaban J connectivity index is 1.30. The summed E-state index contributed by atoms with van der Waals surface area (Å²) in [5, 5.41) is 3.20. The Morgan fingerprint density at radius 1 is 0.833 bits per heavy atom. The van der Waals surface area contributed by atoms with Crippen LogP contribution in [0.4, 0.5) is 0 Å². The molecule has 3 aromatic carbocycles. The first-order chi connectivity index (χ1) is 23.4. The number of hydrogen-bond donors (Lipinski definition) is 1. The average molecular weight is 653 g/mol. The summed E-state index contributed by atoms with van der Waals surface area (Å²) in [6.07, 6.45) is 6.40. The molecule has 1 heterocycles. The van der Waals surface area contributed by atoms with Crippen molar-refractivity contribution in [2.75, 3.05) is 13.2 Å². The fourth-order valence-corrected chi connectivity index (χ4v) is 6.92. The molecule has 3 aromatic rings. The first kappa shape index (κ1) is 34.9. The van der Waals surface area contributed by atoms with Gasteiger partial charge in [-0.2, -0.15) is 0 Å². The molecule has 8 nitrogen and oxygen atoms in total. The Morgan fingerprint density at radius 3 is 2.19 bits per heavy atom. The Labute approximate surface area is 284 Å². The molecule has 0 bridgehead atoms. The molecular formula is C40H48N2O6. The molecule has 0 radical (unpaired) electrons. The van der Waals surface area contributed by atoms with E-state index in [9.17, 15) is 19.2 Å². The van der Waals surface area contributed by atoms with Gasteiger partial charge in [-0.1, -0.05) is 111 Å². The van der Waals surface area contributed by atoms with Crippen LogP contribution in [0.1, 0.15) is 82.3 Å². The lowest BCUT2D eigenvalue weighted by Gasteiger charge is -2.31. The molecular weight excluding hydrogens is 604 g/mol. The van der Waals surface area contributed by atoms with E-state index in [1.807, 2.05) is 67.6 Å². The molecule has 8 heteroatoms. The number of ether oxygens (including phenoxy) is 2. The van der Waals surface area contributed by atoms with Crippen molar-refractivity contribution in [3.63, 3.8) is 0 Å². The molecule has 254 valence electrons. The molecule has 2 atom stereocenters. The summed E-state index contributed by atoms with van der Waals surface area (Å²) in [6.45, 7) is 3.01. The van der Waals surface area contributed by atoms with E-state index in [1.165, 1.54) is 0 Å². The summed E-state index contributed by atoms with van der Waals surface area (Å²) in [5.41, 5.74) is 3.21. The number of carbonyl (C=O) groups is 4. The van der Waals surface area contributed by atoms with Gasteiger partial charge in [0, 0.05) is 19.0 Å². The Hall–Kier alpha value is -4.46. The largest absolute Gasteiger partial charge is 0.466 e. The summed E-state index contributed by atoms with van der Waals surface area (Å²) in [7, 11) is 0. The van der Waals surface area contributed by atoms with Gasteiger partial charge in [0.15, 0.2) is 0 Å². The predicted molar refractivity (Wildman–Crippen MR) is 184 cm³/mol. The number of carbonyl (C=O) groups excluding carboxylic acids is 4. The number of benzene rings is 3. The number of rotatable bonds is 15. The first-order valence-corrected chi connectivity index (χ1v) is 17.5. The predicted octanol–water partition coefficient (Wildman–Crippen LogP) is 6.80. The molecule has 1 aliphatic carbocycles. The fraction of sp³-hybridized carbons (Fsp3) is 0.450. The fourth-order valence-electron chi connectivity index (χ4n) is 6.92. The summed E-state index contributed by atoms with van der Waals surface area (Å²) in [6, 6.07) is 26.6. The van der Waals surface area contributed by atoms with Gasteiger partial charge in [-0.25, -0.2) is 4.79 Å². The van der Waals surface area contributed by atoms with Crippen LogP contribution in [-0.4, -0.2) is 53.9 Å². The summed E-state index contributed by atoms with van der Waals surface area (Å²) in [5.74, 6) is -1.15. The minimum atomic E-state index is -0.848. The molecule has 1 aliphatic heterocycles. The maximum Gasteiger partial charge on any atom is 0.329 e. The molecule has 2 aliphatic rings. The third-order valence-corrected chi connectivity index (χ3v) is 9.65. The maximum atomic E-state index is 14.0. The first-order valence-electron chi connectivity index (χ1n) is 17.5. The molecule has 0 spiro atoms. The Bertz CT molecular complexity index is 1500. The number of esters is 2. The van der Waals surface area contributed by atoms with Crippen molar-refractivity contribution in [3.8, 4) is 11.1 Å². The van der Waals surface area contributed by atoms with Gasteiger partial charge in [0.25, 0.3) is 0 Å². The quantitative estimate of drug-likeness (QED) is 0.143. The normalized spacial score (nSPS) is 17.4. The maximum absolute atomic E-state index is 14.0. The zero-order valence-corrected chi connectivity index (χ0v) is 28.0. The third-order valence-electron chi connectivity index (χ3n) is 9.65. The van der Waals surface area contributed by atoms with Gasteiger partial charge < -0.3 is 19.7 Å². The average Bonchev–Trinajstić information content (AvgIpc) is 3.80. The van der Waals surface area contributed by atoms with Crippen LogP contribution in [0, 0.1) is 5.41 Å². The molecule has 0 aromatic heterocycles. The molecule has 5 rings (SSSR count). The van der Waals surface area contributed by atoms with Crippen LogP contribution in [0.15, 0.2) is 84.9 Å². The van der Waals surface area contributed by atoms with Crippen molar-refractivity contribution in [1.29, 1.82) is 0 Å². The number of likely N-dealkylation sites (tertiary alicyclic amines) is 1. The molecule has 0 unspecified atom stereocenters. The van der Waals surface area contributed by atoms with Crippen molar-refractivity contribution in [1.82, 2.24) is 10.2 Å². The highest BCUT2D eigenvalue weighted by molar-refractivity contribution is 5.89. The van der Waals surface area contributed by atoms with Crippen molar-refractivity contribution in [3.05, 3.63) is 96.1 Å². The van der Waals surface area contributed by atoms with Crippen LogP contribution in [-0.2, 0) is 41.7 Å². The van der Waals surface area contributed by atoms with E-state index in [0.717, 1.165) is 47.9 Å². The van der Waals surface area contributed by atoms with Crippen LogP contribution in [0.25, 0.3) is 11.1 Å². The number of nitrogens with one attached hydrogen (secondary N) is 1. The second-order valence-corrected chi connectivity index (χ2v) is 13.2.